The molecule has 1 saturated carbocycles. The molecular weight excluding hydrogens is 421 g/mol. The molecule has 2 aromatic carbocycles. The van der Waals surface area contributed by atoms with E-state index in [1.54, 1.807) is 35.4 Å². The molecule has 1 aliphatic carbocycles. The van der Waals surface area contributed by atoms with Gasteiger partial charge in [-0.15, -0.1) is 0 Å². The van der Waals surface area contributed by atoms with Crippen LogP contribution in [0.15, 0.2) is 64.0 Å². The molecule has 1 aliphatic heterocycles. The Hall–Kier alpha value is -3.81. The normalized spacial score (nSPS) is 18.9. The van der Waals surface area contributed by atoms with Crippen LogP contribution < -0.4 is 11.3 Å². The zero-order chi connectivity index (χ0) is 22.9. The van der Waals surface area contributed by atoms with Gasteiger partial charge in [0.15, 0.2) is 0 Å². The number of piperidine rings is 1. The Morgan fingerprint density at radius 1 is 1.24 bits per heavy atom. The van der Waals surface area contributed by atoms with E-state index in [0.29, 0.717) is 43.1 Å². The van der Waals surface area contributed by atoms with Gasteiger partial charge < -0.3 is 10.6 Å². The number of aliphatic imine (C=N–C) groups is 1. The van der Waals surface area contributed by atoms with Crippen molar-refractivity contribution in [3.63, 3.8) is 0 Å². The number of aromatic amines is 1. The van der Waals surface area contributed by atoms with Gasteiger partial charge in [0.25, 0.3) is 11.5 Å². The summed E-state index contributed by atoms with van der Waals surface area (Å²) in [4.78, 5) is 31.6. The zero-order valence-corrected chi connectivity index (χ0v) is 18.1. The number of benzene rings is 2. The molecule has 7 nitrogen and oxygen atoms in total. The van der Waals surface area contributed by atoms with Crippen LogP contribution in [0.4, 0.5) is 4.39 Å². The SMILES string of the molecule is NC=C1CCN(C(=O)c2cc(Cc3n[nH]c(=O)c4ccccc34)ccc2F)CC1=NC1CC1. The standard InChI is InChI=1S/C25H24FN5O2/c26-21-8-5-15(12-22-18-3-1-2-4-19(18)24(32)30-29-22)11-20(21)25(33)31-10-9-16(13-27)23(14-31)28-17-6-7-17/h1-5,8,11,13,17H,6-7,9-10,12,14,27H2,(H,30,32). The summed E-state index contributed by atoms with van der Waals surface area (Å²) < 4.78 is 14.7. The summed E-state index contributed by atoms with van der Waals surface area (Å²) in [5.41, 5.74) is 8.68. The molecule has 3 N–H and O–H groups in total. The number of rotatable bonds is 4. The van der Waals surface area contributed by atoms with Crippen LogP contribution in [0.1, 0.15) is 40.9 Å². The molecule has 168 valence electrons. The molecule has 2 fully saturated rings. The quantitative estimate of drug-likeness (QED) is 0.644. The third kappa shape index (κ3) is 4.28. The van der Waals surface area contributed by atoms with Gasteiger partial charge in [0, 0.05) is 18.4 Å². The second kappa shape index (κ2) is 8.61. The van der Waals surface area contributed by atoms with E-state index in [9.17, 15) is 14.0 Å². The summed E-state index contributed by atoms with van der Waals surface area (Å²) in [6.45, 7) is 0.787. The fourth-order valence-corrected chi connectivity index (χ4v) is 4.18. The largest absolute Gasteiger partial charge is 0.404 e. The maximum absolute atomic E-state index is 14.7. The summed E-state index contributed by atoms with van der Waals surface area (Å²) >= 11 is 0. The minimum Gasteiger partial charge on any atom is -0.404 e. The molecule has 0 atom stereocenters. The van der Waals surface area contributed by atoms with Crippen LogP contribution in [0, 0.1) is 5.82 Å². The van der Waals surface area contributed by atoms with Crippen LogP contribution in [0.2, 0.25) is 0 Å². The van der Waals surface area contributed by atoms with Gasteiger partial charge in [-0.3, -0.25) is 14.6 Å². The van der Waals surface area contributed by atoms with Gasteiger partial charge in [0.1, 0.15) is 5.82 Å². The Labute approximate surface area is 189 Å². The molecule has 0 spiro atoms. The van der Waals surface area contributed by atoms with Crippen molar-refractivity contribution in [3.8, 4) is 0 Å². The lowest BCUT2D eigenvalue weighted by molar-refractivity contribution is 0.0771. The molecule has 1 amide bonds. The molecule has 5 rings (SSSR count). The van der Waals surface area contributed by atoms with E-state index in [-0.39, 0.29) is 17.0 Å². The second-order valence-electron chi connectivity index (χ2n) is 8.51. The topological polar surface area (TPSA) is 104 Å². The van der Waals surface area contributed by atoms with Gasteiger partial charge in [-0.1, -0.05) is 24.3 Å². The maximum Gasteiger partial charge on any atom is 0.272 e. The monoisotopic (exact) mass is 445 g/mol. The summed E-state index contributed by atoms with van der Waals surface area (Å²) in [6.07, 6.45) is 4.62. The Kier molecular flexibility index (Phi) is 5.50. The predicted molar refractivity (Wildman–Crippen MR) is 125 cm³/mol. The summed E-state index contributed by atoms with van der Waals surface area (Å²) in [5, 5.41) is 7.98. The maximum atomic E-state index is 14.7. The number of likely N-dealkylation sites (tertiary alicyclic amines) is 1. The van der Waals surface area contributed by atoms with E-state index in [1.807, 2.05) is 12.1 Å². The molecule has 0 unspecified atom stereocenters. The van der Waals surface area contributed by atoms with Crippen molar-refractivity contribution >= 4 is 22.4 Å². The zero-order valence-electron chi connectivity index (χ0n) is 18.1. The molecule has 2 aliphatic rings. The highest BCUT2D eigenvalue weighted by molar-refractivity contribution is 6.06. The van der Waals surface area contributed by atoms with Gasteiger partial charge in [0.05, 0.1) is 34.9 Å². The first-order valence-corrected chi connectivity index (χ1v) is 11.1. The van der Waals surface area contributed by atoms with Crippen molar-refractivity contribution in [2.45, 2.75) is 31.7 Å². The fourth-order valence-electron chi connectivity index (χ4n) is 4.18. The fraction of sp³-hybridized carbons (Fsp3) is 0.280. The van der Waals surface area contributed by atoms with Crippen molar-refractivity contribution in [2.75, 3.05) is 13.1 Å². The van der Waals surface area contributed by atoms with Gasteiger partial charge in [-0.2, -0.15) is 5.10 Å². The van der Waals surface area contributed by atoms with E-state index in [0.717, 1.165) is 35.1 Å². The second-order valence-corrected chi connectivity index (χ2v) is 8.51. The number of nitrogens with two attached hydrogens (primary N) is 1. The average Bonchev–Trinajstić information content (AvgIpc) is 3.66. The molecular formula is C25H24FN5O2. The van der Waals surface area contributed by atoms with Crippen LogP contribution in [-0.2, 0) is 6.42 Å². The van der Waals surface area contributed by atoms with E-state index < -0.39 is 5.82 Å². The third-order valence-corrected chi connectivity index (χ3v) is 6.14. The summed E-state index contributed by atoms with van der Waals surface area (Å²) in [6, 6.07) is 12.0. The lowest BCUT2D eigenvalue weighted by atomic mass is 9.99. The van der Waals surface area contributed by atoms with Crippen molar-refractivity contribution < 1.29 is 9.18 Å². The number of nitrogens with one attached hydrogen (secondary N) is 1. The van der Waals surface area contributed by atoms with Gasteiger partial charge in [0.2, 0.25) is 0 Å². The first kappa shape index (κ1) is 21.1. The van der Waals surface area contributed by atoms with Crippen molar-refractivity contribution in [2.24, 2.45) is 10.7 Å². The number of fused-ring (bicyclic) bond motifs is 1. The van der Waals surface area contributed by atoms with E-state index in [2.05, 4.69) is 10.2 Å². The van der Waals surface area contributed by atoms with E-state index >= 15 is 0 Å². The lowest BCUT2D eigenvalue weighted by Crippen LogP contribution is -2.42. The smallest absolute Gasteiger partial charge is 0.272 e. The predicted octanol–water partition coefficient (Wildman–Crippen LogP) is 2.94. The first-order valence-electron chi connectivity index (χ1n) is 11.1. The number of halogens is 1. The van der Waals surface area contributed by atoms with Crippen molar-refractivity contribution in [1.82, 2.24) is 15.1 Å². The average molecular weight is 445 g/mol. The number of carbonyl (C=O) groups excluding carboxylic acids is 1. The van der Waals surface area contributed by atoms with Crippen LogP contribution >= 0.6 is 0 Å². The highest BCUT2D eigenvalue weighted by atomic mass is 19.1. The Morgan fingerprint density at radius 2 is 2.03 bits per heavy atom. The van der Waals surface area contributed by atoms with Gasteiger partial charge >= 0.3 is 0 Å². The molecule has 3 aromatic rings. The van der Waals surface area contributed by atoms with Crippen molar-refractivity contribution in [3.05, 3.63) is 87.2 Å². The van der Waals surface area contributed by atoms with Crippen molar-refractivity contribution in [1.29, 1.82) is 0 Å². The highest BCUT2D eigenvalue weighted by Crippen LogP contribution is 2.27. The Balaban J connectivity index is 1.42. The Morgan fingerprint density at radius 3 is 2.79 bits per heavy atom. The Bertz CT molecular complexity index is 1360. The molecule has 0 bridgehead atoms. The molecule has 8 heteroatoms. The van der Waals surface area contributed by atoms with Crippen LogP contribution in [0.3, 0.4) is 0 Å². The minimum absolute atomic E-state index is 0.0205. The summed E-state index contributed by atoms with van der Waals surface area (Å²) in [5.74, 6) is -0.933. The number of aromatic nitrogens is 2. The lowest BCUT2D eigenvalue weighted by Gasteiger charge is -2.30. The third-order valence-electron chi connectivity index (χ3n) is 6.14. The van der Waals surface area contributed by atoms with E-state index in [4.69, 9.17) is 10.7 Å². The number of H-pyrrole nitrogens is 1. The van der Waals surface area contributed by atoms with Crippen LogP contribution in [0.25, 0.3) is 10.8 Å². The molecule has 1 aromatic heterocycles. The summed E-state index contributed by atoms with van der Waals surface area (Å²) in [7, 11) is 0. The van der Waals surface area contributed by atoms with E-state index in [1.165, 1.54) is 6.07 Å². The molecule has 33 heavy (non-hydrogen) atoms. The van der Waals surface area contributed by atoms with Gasteiger partial charge in [-0.05, 0) is 54.8 Å². The highest BCUT2D eigenvalue weighted by Gasteiger charge is 2.29. The van der Waals surface area contributed by atoms with Crippen LogP contribution in [-0.4, -0.2) is 45.8 Å². The minimum atomic E-state index is -0.566. The van der Waals surface area contributed by atoms with Crippen LogP contribution in [0.5, 0.6) is 0 Å². The number of hydrogen-bond acceptors (Lipinski definition) is 5. The molecule has 2 heterocycles. The number of hydrogen-bond donors (Lipinski definition) is 2. The van der Waals surface area contributed by atoms with Gasteiger partial charge in [-0.25, -0.2) is 9.49 Å². The number of nitrogens with zero attached hydrogens (tertiary/aromatic N) is 3. The molecule has 1 saturated heterocycles. The molecule has 0 radical (unpaired) electrons. The first-order chi connectivity index (χ1) is 16.0. The number of amides is 1. The number of carbonyl (C=O) groups is 1.